The molecule has 0 radical (unpaired) electrons. The lowest BCUT2D eigenvalue weighted by Gasteiger charge is -1.96. The molecule has 0 fully saturated rings. The highest BCUT2D eigenvalue weighted by Gasteiger charge is 2.18. The van der Waals surface area contributed by atoms with E-state index in [2.05, 4.69) is 4.74 Å². The number of carboxylic acid groups (broad SMARTS) is 1. The lowest BCUT2D eigenvalue weighted by Crippen LogP contribution is -2.05. The van der Waals surface area contributed by atoms with Crippen molar-refractivity contribution in [1.29, 1.82) is 0 Å². The first-order chi connectivity index (χ1) is 8.31. The molecule has 1 aromatic carbocycles. The Morgan fingerprint density at radius 2 is 1.56 bits per heavy atom. The van der Waals surface area contributed by atoms with Crippen molar-refractivity contribution in [2.24, 2.45) is 0 Å². The summed E-state index contributed by atoms with van der Waals surface area (Å²) in [5.41, 5.74) is 0. The van der Waals surface area contributed by atoms with Gasteiger partial charge in [-0.05, 0) is 6.92 Å². The van der Waals surface area contributed by atoms with E-state index in [9.17, 15) is 26.7 Å². The van der Waals surface area contributed by atoms with Crippen molar-refractivity contribution in [2.45, 2.75) is 6.92 Å². The first-order valence-electron chi connectivity index (χ1n) is 4.59. The van der Waals surface area contributed by atoms with Gasteiger partial charge in [0.2, 0.25) is 5.82 Å². The molecule has 0 aliphatic heterocycles. The third-order valence-electron chi connectivity index (χ3n) is 1.49. The summed E-state index contributed by atoms with van der Waals surface area (Å²) < 4.78 is 64.5. The van der Waals surface area contributed by atoms with E-state index in [1.165, 1.54) is 0 Å². The number of aliphatic carboxylic acids is 1. The Hall–Kier alpha value is -1.70. The smallest absolute Gasteiger partial charge is 0.329 e. The van der Waals surface area contributed by atoms with Crippen LogP contribution in [-0.4, -0.2) is 24.3 Å². The lowest BCUT2D eigenvalue weighted by molar-refractivity contribution is -0.142. The zero-order valence-electron chi connectivity index (χ0n) is 9.15. The summed E-state index contributed by atoms with van der Waals surface area (Å²) in [6.07, 6.45) is 0. The first-order valence-corrected chi connectivity index (χ1v) is 4.59. The van der Waals surface area contributed by atoms with E-state index in [1.54, 1.807) is 6.92 Å². The van der Waals surface area contributed by atoms with E-state index >= 15 is 0 Å². The number of carboxylic acids is 1. The molecule has 0 spiro atoms. The third kappa shape index (κ3) is 5.09. The minimum Gasteiger partial charge on any atom is -0.480 e. The summed E-state index contributed by atoms with van der Waals surface area (Å²) in [6.45, 7) is 2.03. The Balaban J connectivity index is 0.000000360. The molecule has 0 aromatic heterocycles. The van der Waals surface area contributed by atoms with Gasteiger partial charge in [-0.15, -0.1) is 0 Å². The molecule has 0 unspecified atom stereocenters. The molecule has 0 saturated carbocycles. The van der Waals surface area contributed by atoms with Gasteiger partial charge in [0.25, 0.3) is 0 Å². The highest BCUT2D eigenvalue weighted by Crippen LogP contribution is 2.16. The number of carbonyl (C=O) groups is 1. The van der Waals surface area contributed by atoms with Crippen molar-refractivity contribution in [3.8, 4) is 0 Å². The molecule has 102 valence electrons. The fraction of sp³-hybridized carbons (Fsp3) is 0.300. The molecule has 1 aromatic rings. The average molecular weight is 272 g/mol. The van der Waals surface area contributed by atoms with Gasteiger partial charge in [0.05, 0.1) is 0 Å². The standard InChI is InChI=1S/C6HF5.C4H8O3/c7-2-1-3(8)5(10)6(11)4(2)9;1-2-7-3-4(5)6/h1H;2-3H2,1H3,(H,5,6). The van der Waals surface area contributed by atoms with Gasteiger partial charge in [-0.25, -0.2) is 26.7 Å². The van der Waals surface area contributed by atoms with Crippen molar-refractivity contribution in [1.82, 2.24) is 0 Å². The second kappa shape index (κ2) is 7.59. The van der Waals surface area contributed by atoms with Crippen LogP contribution < -0.4 is 0 Å². The van der Waals surface area contributed by atoms with Crippen LogP contribution in [0.4, 0.5) is 22.0 Å². The number of rotatable bonds is 3. The van der Waals surface area contributed by atoms with E-state index < -0.39 is 35.1 Å². The number of ether oxygens (including phenoxy) is 1. The molecule has 0 saturated heterocycles. The molecule has 0 atom stereocenters. The van der Waals surface area contributed by atoms with E-state index in [-0.39, 0.29) is 12.7 Å². The maximum Gasteiger partial charge on any atom is 0.329 e. The van der Waals surface area contributed by atoms with Crippen molar-refractivity contribution in [3.63, 3.8) is 0 Å². The molecule has 0 amide bonds. The van der Waals surface area contributed by atoms with Gasteiger partial charge in [0, 0.05) is 12.7 Å². The van der Waals surface area contributed by atoms with Crippen LogP contribution >= 0.6 is 0 Å². The number of hydrogen-bond donors (Lipinski definition) is 1. The summed E-state index contributed by atoms with van der Waals surface area (Å²) in [5.74, 6) is -10.6. The monoisotopic (exact) mass is 272 g/mol. The minimum absolute atomic E-state index is 0.0618. The predicted octanol–water partition coefficient (Wildman–Crippen LogP) is 2.49. The Morgan fingerprint density at radius 3 is 1.83 bits per heavy atom. The van der Waals surface area contributed by atoms with Crippen molar-refractivity contribution < 1.29 is 36.6 Å². The second-order valence-electron chi connectivity index (χ2n) is 2.81. The molecule has 0 aliphatic carbocycles. The molecule has 3 nitrogen and oxygen atoms in total. The van der Waals surface area contributed by atoms with Crippen LogP contribution in [0, 0.1) is 29.1 Å². The zero-order chi connectivity index (χ0) is 14.3. The normalized spacial score (nSPS) is 9.67. The van der Waals surface area contributed by atoms with Gasteiger partial charge in [-0.2, -0.15) is 0 Å². The maximum atomic E-state index is 12.0. The average Bonchev–Trinajstić information content (AvgIpc) is 2.32. The molecule has 1 rings (SSSR count). The van der Waals surface area contributed by atoms with Gasteiger partial charge in [-0.1, -0.05) is 0 Å². The first kappa shape index (κ1) is 16.3. The van der Waals surface area contributed by atoms with Crippen molar-refractivity contribution in [3.05, 3.63) is 35.2 Å². The van der Waals surface area contributed by atoms with E-state index in [4.69, 9.17) is 5.11 Å². The molecule has 0 heterocycles. The van der Waals surface area contributed by atoms with Gasteiger partial charge in [0.1, 0.15) is 6.61 Å². The molecule has 8 heteroatoms. The summed E-state index contributed by atoms with van der Waals surface area (Å²) in [6, 6.07) is -0.0618. The highest BCUT2D eigenvalue weighted by molar-refractivity contribution is 5.67. The number of benzene rings is 1. The maximum absolute atomic E-state index is 12.0. The van der Waals surface area contributed by atoms with E-state index in [0.29, 0.717) is 6.61 Å². The van der Waals surface area contributed by atoms with E-state index in [1.807, 2.05) is 0 Å². The fourth-order valence-corrected chi connectivity index (χ4v) is 0.733. The molecular weight excluding hydrogens is 263 g/mol. The van der Waals surface area contributed by atoms with Crippen LogP contribution in [0.25, 0.3) is 0 Å². The molecule has 1 N–H and O–H groups in total. The van der Waals surface area contributed by atoms with Crippen LogP contribution in [0.5, 0.6) is 0 Å². The number of hydrogen-bond acceptors (Lipinski definition) is 2. The molecule has 0 aliphatic rings. The largest absolute Gasteiger partial charge is 0.480 e. The quantitative estimate of drug-likeness (QED) is 0.522. The summed E-state index contributed by atoms with van der Waals surface area (Å²) >= 11 is 0. The fourth-order valence-electron chi connectivity index (χ4n) is 0.733. The lowest BCUT2D eigenvalue weighted by atomic mass is 10.3. The zero-order valence-corrected chi connectivity index (χ0v) is 9.15. The van der Waals surface area contributed by atoms with Crippen LogP contribution in [0.15, 0.2) is 6.07 Å². The van der Waals surface area contributed by atoms with Gasteiger partial charge in [-0.3, -0.25) is 0 Å². The molecule has 0 bridgehead atoms. The topological polar surface area (TPSA) is 46.5 Å². The molecule has 18 heavy (non-hydrogen) atoms. The number of halogens is 5. The van der Waals surface area contributed by atoms with Crippen LogP contribution in [0.1, 0.15) is 6.92 Å². The summed E-state index contributed by atoms with van der Waals surface area (Å²) in [7, 11) is 0. The minimum atomic E-state index is -2.14. The van der Waals surface area contributed by atoms with Crippen LogP contribution in [-0.2, 0) is 9.53 Å². The Labute approximate surface area is 98.8 Å². The molecular formula is C10H9F5O3. The van der Waals surface area contributed by atoms with E-state index in [0.717, 1.165) is 0 Å². The third-order valence-corrected chi connectivity index (χ3v) is 1.49. The predicted molar refractivity (Wildman–Crippen MR) is 50.4 cm³/mol. The Bertz CT molecular complexity index is 396. The van der Waals surface area contributed by atoms with Crippen molar-refractivity contribution in [2.75, 3.05) is 13.2 Å². The van der Waals surface area contributed by atoms with Gasteiger partial charge in [0.15, 0.2) is 23.3 Å². The Kier molecular flexibility index (Phi) is 6.88. The summed E-state index contributed by atoms with van der Waals surface area (Å²) in [5, 5.41) is 7.92. The van der Waals surface area contributed by atoms with Crippen LogP contribution in [0.3, 0.4) is 0 Å². The van der Waals surface area contributed by atoms with Gasteiger partial charge < -0.3 is 9.84 Å². The van der Waals surface area contributed by atoms with Gasteiger partial charge >= 0.3 is 5.97 Å². The van der Waals surface area contributed by atoms with Crippen LogP contribution in [0.2, 0.25) is 0 Å². The highest BCUT2D eigenvalue weighted by atomic mass is 19.2. The second-order valence-corrected chi connectivity index (χ2v) is 2.81. The summed E-state index contributed by atoms with van der Waals surface area (Å²) in [4.78, 5) is 9.63. The van der Waals surface area contributed by atoms with Crippen molar-refractivity contribution >= 4 is 5.97 Å². The SMILES string of the molecule is CCOCC(=O)O.Fc1cc(F)c(F)c(F)c1F. The Morgan fingerprint density at radius 1 is 1.11 bits per heavy atom.